The second-order valence-corrected chi connectivity index (χ2v) is 7.47. The van der Waals surface area contributed by atoms with Crippen LogP contribution in [-0.2, 0) is 4.79 Å². The molecule has 1 aliphatic rings. The summed E-state index contributed by atoms with van der Waals surface area (Å²) >= 11 is 1.35. The lowest BCUT2D eigenvalue weighted by molar-refractivity contribution is -0.125. The number of hydrogen-bond donors (Lipinski definition) is 2. The van der Waals surface area contributed by atoms with E-state index in [1.165, 1.54) is 11.3 Å². The van der Waals surface area contributed by atoms with E-state index < -0.39 is 11.9 Å². The summed E-state index contributed by atoms with van der Waals surface area (Å²) in [4.78, 5) is 41.5. The second-order valence-electron chi connectivity index (χ2n) is 6.52. The van der Waals surface area contributed by atoms with Crippen LogP contribution < -0.4 is 15.8 Å². The van der Waals surface area contributed by atoms with Crippen molar-refractivity contribution in [2.24, 2.45) is 0 Å². The molecule has 1 aromatic carbocycles. The lowest BCUT2D eigenvalue weighted by atomic mass is 10.2. The van der Waals surface area contributed by atoms with E-state index in [4.69, 9.17) is 0 Å². The highest BCUT2D eigenvalue weighted by Crippen LogP contribution is 2.22. The molecule has 1 atom stereocenters. The van der Waals surface area contributed by atoms with Gasteiger partial charge in [-0.05, 0) is 42.5 Å². The summed E-state index contributed by atoms with van der Waals surface area (Å²) in [5, 5.41) is 1.83. The number of anilines is 1. The Hall–Kier alpha value is -2.87. The van der Waals surface area contributed by atoms with E-state index in [0.717, 1.165) is 12.1 Å². The number of benzene rings is 1. The van der Waals surface area contributed by atoms with Gasteiger partial charge in [0, 0.05) is 31.9 Å². The molecule has 1 saturated heterocycles. The summed E-state index contributed by atoms with van der Waals surface area (Å²) in [6.07, 6.45) is 1.34. The van der Waals surface area contributed by atoms with E-state index in [1.807, 2.05) is 36.5 Å². The first-order valence-corrected chi connectivity index (χ1v) is 9.57. The first kappa shape index (κ1) is 18.9. The Morgan fingerprint density at radius 1 is 1.15 bits per heavy atom. The van der Waals surface area contributed by atoms with Gasteiger partial charge in [-0.25, -0.2) is 0 Å². The summed E-state index contributed by atoms with van der Waals surface area (Å²) in [7, 11) is 3.77. The summed E-state index contributed by atoms with van der Waals surface area (Å²) < 4.78 is 0. The zero-order valence-corrected chi connectivity index (χ0v) is 16.1. The minimum Gasteiger partial charge on any atom is -0.378 e. The number of nitrogens with zero attached hydrogens (tertiary/aromatic N) is 2. The summed E-state index contributed by atoms with van der Waals surface area (Å²) in [5.41, 5.74) is 6.23. The number of thiophene rings is 1. The van der Waals surface area contributed by atoms with Crippen LogP contribution in [0.2, 0.25) is 0 Å². The molecule has 3 rings (SSSR count). The van der Waals surface area contributed by atoms with E-state index in [0.29, 0.717) is 23.4 Å². The van der Waals surface area contributed by atoms with Gasteiger partial charge in [0.05, 0.1) is 4.88 Å². The third kappa shape index (κ3) is 4.28. The highest BCUT2D eigenvalue weighted by atomic mass is 32.1. The van der Waals surface area contributed by atoms with Crippen molar-refractivity contribution in [3.8, 4) is 0 Å². The Kier molecular flexibility index (Phi) is 5.75. The number of hydrazine groups is 1. The van der Waals surface area contributed by atoms with Gasteiger partial charge in [-0.1, -0.05) is 12.1 Å². The van der Waals surface area contributed by atoms with Gasteiger partial charge >= 0.3 is 0 Å². The monoisotopic (exact) mass is 386 g/mol. The highest BCUT2D eigenvalue weighted by Gasteiger charge is 2.35. The van der Waals surface area contributed by atoms with Crippen LogP contribution in [0.1, 0.15) is 32.9 Å². The topological polar surface area (TPSA) is 81.8 Å². The van der Waals surface area contributed by atoms with E-state index in [9.17, 15) is 14.4 Å². The van der Waals surface area contributed by atoms with Gasteiger partial charge in [0.15, 0.2) is 0 Å². The van der Waals surface area contributed by atoms with Crippen LogP contribution in [0.25, 0.3) is 0 Å². The van der Waals surface area contributed by atoms with Crippen LogP contribution in [0.4, 0.5) is 5.69 Å². The molecule has 2 heterocycles. The average molecular weight is 386 g/mol. The SMILES string of the molecule is CN(C)c1cccc(C(=O)NNC(=O)C2CCCN2C(=O)c2cccs2)c1. The van der Waals surface area contributed by atoms with E-state index in [1.54, 1.807) is 29.2 Å². The highest BCUT2D eigenvalue weighted by molar-refractivity contribution is 7.12. The summed E-state index contributed by atoms with van der Waals surface area (Å²) in [6.45, 7) is 0.535. The van der Waals surface area contributed by atoms with Crippen LogP contribution in [0.3, 0.4) is 0 Å². The van der Waals surface area contributed by atoms with Gasteiger partial charge in [0.1, 0.15) is 6.04 Å². The van der Waals surface area contributed by atoms with Crippen LogP contribution in [0.5, 0.6) is 0 Å². The molecule has 0 saturated carbocycles. The zero-order valence-electron chi connectivity index (χ0n) is 15.3. The molecule has 2 N–H and O–H groups in total. The molecular weight excluding hydrogens is 364 g/mol. The normalized spacial score (nSPS) is 16.1. The predicted molar refractivity (Wildman–Crippen MR) is 105 cm³/mol. The summed E-state index contributed by atoms with van der Waals surface area (Å²) in [6, 6.07) is 10.1. The Balaban J connectivity index is 1.60. The fourth-order valence-corrected chi connectivity index (χ4v) is 3.70. The van der Waals surface area contributed by atoms with Gasteiger partial charge < -0.3 is 9.80 Å². The van der Waals surface area contributed by atoms with Crippen molar-refractivity contribution in [1.82, 2.24) is 15.8 Å². The first-order chi connectivity index (χ1) is 13.0. The molecule has 0 aliphatic carbocycles. The molecule has 142 valence electrons. The van der Waals surface area contributed by atoms with Crippen molar-refractivity contribution in [2.45, 2.75) is 18.9 Å². The first-order valence-electron chi connectivity index (χ1n) is 8.69. The van der Waals surface area contributed by atoms with Crippen LogP contribution in [0.15, 0.2) is 41.8 Å². The Morgan fingerprint density at radius 3 is 2.67 bits per heavy atom. The predicted octanol–water partition coefficient (Wildman–Crippen LogP) is 1.88. The van der Waals surface area contributed by atoms with Crippen molar-refractivity contribution >= 4 is 34.7 Å². The zero-order chi connectivity index (χ0) is 19.4. The number of hydrogen-bond acceptors (Lipinski definition) is 5. The molecule has 1 aliphatic heterocycles. The number of carbonyl (C=O) groups is 3. The molecule has 8 heteroatoms. The number of amides is 3. The van der Waals surface area contributed by atoms with E-state index >= 15 is 0 Å². The van der Waals surface area contributed by atoms with Gasteiger partial charge in [-0.15, -0.1) is 11.3 Å². The third-order valence-electron chi connectivity index (χ3n) is 4.47. The van der Waals surface area contributed by atoms with Gasteiger partial charge in [0.2, 0.25) is 0 Å². The van der Waals surface area contributed by atoms with Gasteiger partial charge in [-0.2, -0.15) is 0 Å². The average Bonchev–Trinajstić information content (AvgIpc) is 3.37. The van der Waals surface area contributed by atoms with Gasteiger partial charge in [-0.3, -0.25) is 25.2 Å². The smallest absolute Gasteiger partial charge is 0.269 e. The minimum atomic E-state index is -0.576. The quantitative estimate of drug-likeness (QED) is 0.786. The van der Waals surface area contributed by atoms with Crippen molar-refractivity contribution in [3.63, 3.8) is 0 Å². The van der Waals surface area contributed by atoms with Crippen molar-refractivity contribution in [3.05, 3.63) is 52.2 Å². The van der Waals surface area contributed by atoms with Crippen molar-refractivity contribution in [2.75, 3.05) is 25.5 Å². The Bertz CT molecular complexity index is 835. The van der Waals surface area contributed by atoms with Crippen LogP contribution in [-0.4, -0.2) is 49.3 Å². The summed E-state index contributed by atoms with van der Waals surface area (Å²) in [5.74, 6) is -0.927. The number of likely N-dealkylation sites (tertiary alicyclic amines) is 1. The lowest BCUT2D eigenvalue weighted by Gasteiger charge is -2.23. The lowest BCUT2D eigenvalue weighted by Crippen LogP contribution is -2.51. The molecule has 1 aromatic heterocycles. The number of nitrogens with one attached hydrogen (secondary N) is 2. The molecule has 3 amide bonds. The minimum absolute atomic E-state index is 0.146. The van der Waals surface area contributed by atoms with Crippen molar-refractivity contribution < 1.29 is 14.4 Å². The molecule has 0 radical (unpaired) electrons. The maximum atomic E-state index is 12.5. The van der Waals surface area contributed by atoms with Gasteiger partial charge in [0.25, 0.3) is 17.7 Å². The van der Waals surface area contributed by atoms with Crippen molar-refractivity contribution in [1.29, 1.82) is 0 Å². The standard InChI is InChI=1S/C19H22N4O3S/c1-22(2)14-7-3-6-13(12-14)17(24)20-21-18(25)15-8-4-10-23(15)19(26)16-9-5-11-27-16/h3,5-7,9,11-12,15H,4,8,10H2,1-2H3,(H,20,24)(H,21,25). The molecule has 7 nitrogen and oxygen atoms in total. The van der Waals surface area contributed by atoms with Crippen LogP contribution >= 0.6 is 11.3 Å². The van der Waals surface area contributed by atoms with E-state index in [-0.39, 0.29) is 11.8 Å². The Morgan fingerprint density at radius 2 is 1.96 bits per heavy atom. The Labute approximate surface area is 161 Å². The fraction of sp³-hybridized carbons (Fsp3) is 0.316. The third-order valence-corrected chi connectivity index (χ3v) is 5.33. The molecule has 1 fully saturated rings. The molecule has 1 unspecified atom stereocenters. The molecule has 2 aromatic rings. The molecular formula is C19H22N4O3S. The van der Waals surface area contributed by atoms with Crippen LogP contribution in [0, 0.1) is 0 Å². The number of rotatable bonds is 4. The molecule has 0 spiro atoms. The fourth-order valence-electron chi connectivity index (χ4n) is 3.02. The van der Waals surface area contributed by atoms with E-state index in [2.05, 4.69) is 10.9 Å². The maximum Gasteiger partial charge on any atom is 0.269 e. The number of carbonyl (C=O) groups excluding carboxylic acids is 3. The second kappa shape index (κ2) is 8.22. The molecule has 27 heavy (non-hydrogen) atoms. The molecule has 0 bridgehead atoms. The maximum absolute atomic E-state index is 12.5. The largest absolute Gasteiger partial charge is 0.378 e.